The molecular weight excluding hydrogens is 460 g/mol. The van der Waals surface area contributed by atoms with Gasteiger partial charge in [0.05, 0.1) is 25.3 Å². The number of methoxy groups -OCH3 is 1. The highest BCUT2D eigenvalue weighted by molar-refractivity contribution is 7.10. The molecule has 0 saturated heterocycles. The van der Waals surface area contributed by atoms with Gasteiger partial charge in [-0.2, -0.15) is 0 Å². The molecule has 8 heteroatoms. The molecule has 2 atom stereocenters. The van der Waals surface area contributed by atoms with Gasteiger partial charge < -0.3 is 19.5 Å². The Kier molecular flexibility index (Phi) is 10.2. The average molecular weight is 493 g/mol. The normalized spacial score (nSPS) is 16.5. The Morgan fingerprint density at radius 2 is 2.18 bits per heavy atom. The molecule has 0 fully saturated rings. The van der Waals surface area contributed by atoms with Crippen molar-refractivity contribution in [3.63, 3.8) is 0 Å². The lowest BCUT2D eigenvalue weighted by atomic mass is 10.0. The Labute approximate surface area is 205 Å². The predicted octanol–water partition coefficient (Wildman–Crippen LogP) is 4.18. The van der Waals surface area contributed by atoms with Crippen molar-refractivity contribution in [3.05, 3.63) is 63.8 Å². The molecule has 1 aliphatic rings. The highest BCUT2D eigenvalue weighted by atomic mass is 35.5. The number of nitrogens with zero attached hydrogens (tertiary/aromatic N) is 2. The standard InChI is InChI=1S/C25H33ClN2O4S/c1-3-4-5-20(29)16-27(13-14-31-2)17-25(30)28-12-10-24-22(11-15-33-24)23(28)18-32-21-8-6-19(26)7-9-21/h3,6-9,11,15,20,23,29H,1,4-5,10,12-14,16-18H2,2H3/t20-,23+/m1/s1. The van der Waals surface area contributed by atoms with Gasteiger partial charge in [0.15, 0.2) is 0 Å². The molecule has 33 heavy (non-hydrogen) atoms. The molecule has 0 saturated carbocycles. The van der Waals surface area contributed by atoms with Gasteiger partial charge in [0.1, 0.15) is 12.4 Å². The van der Waals surface area contributed by atoms with Gasteiger partial charge in [0, 0.05) is 36.6 Å². The third kappa shape index (κ3) is 7.55. The zero-order chi connectivity index (χ0) is 23.6. The molecule has 180 valence electrons. The van der Waals surface area contributed by atoms with Crippen LogP contribution in [0.15, 0.2) is 48.4 Å². The Bertz CT molecular complexity index is 889. The number of aliphatic hydroxyl groups excluding tert-OH is 1. The average Bonchev–Trinajstić information content (AvgIpc) is 3.29. The summed E-state index contributed by atoms with van der Waals surface area (Å²) in [4.78, 5) is 18.6. The predicted molar refractivity (Wildman–Crippen MR) is 133 cm³/mol. The van der Waals surface area contributed by atoms with Crippen molar-refractivity contribution in [2.45, 2.75) is 31.4 Å². The molecule has 1 aromatic heterocycles. The molecule has 2 heterocycles. The summed E-state index contributed by atoms with van der Waals surface area (Å²) >= 11 is 7.71. The number of hydrogen-bond donors (Lipinski definition) is 1. The van der Waals surface area contributed by atoms with Gasteiger partial charge >= 0.3 is 0 Å². The van der Waals surface area contributed by atoms with E-state index in [9.17, 15) is 9.90 Å². The molecule has 1 amide bonds. The fourth-order valence-corrected chi connectivity index (χ4v) is 5.07. The van der Waals surface area contributed by atoms with E-state index in [1.807, 2.05) is 21.9 Å². The van der Waals surface area contributed by atoms with E-state index in [4.69, 9.17) is 21.1 Å². The highest BCUT2D eigenvalue weighted by Gasteiger charge is 2.33. The molecule has 0 bridgehead atoms. The van der Waals surface area contributed by atoms with Crippen molar-refractivity contribution < 1.29 is 19.4 Å². The first-order valence-electron chi connectivity index (χ1n) is 11.3. The van der Waals surface area contributed by atoms with E-state index in [2.05, 4.69) is 18.0 Å². The smallest absolute Gasteiger partial charge is 0.237 e. The first kappa shape index (κ1) is 25.7. The third-order valence-corrected chi connectivity index (χ3v) is 7.03. The van der Waals surface area contributed by atoms with Gasteiger partial charge in [-0.1, -0.05) is 17.7 Å². The van der Waals surface area contributed by atoms with Crippen LogP contribution in [-0.4, -0.2) is 73.4 Å². The van der Waals surface area contributed by atoms with Crippen molar-refractivity contribution in [1.29, 1.82) is 0 Å². The second kappa shape index (κ2) is 13.1. The van der Waals surface area contributed by atoms with Crippen LogP contribution in [0.1, 0.15) is 29.3 Å². The number of carbonyl (C=O) groups excluding carboxylic acids is 1. The number of amides is 1. The van der Waals surface area contributed by atoms with Crippen LogP contribution in [0.3, 0.4) is 0 Å². The lowest BCUT2D eigenvalue weighted by Gasteiger charge is -2.37. The number of aliphatic hydroxyl groups is 1. The van der Waals surface area contributed by atoms with Gasteiger partial charge in [-0.05, 0) is 60.5 Å². The SMILES string of the molecule is C=CCC[C@@H](O)CN(CCOC)CC(=O)N1CCc2sccc2[C@@H]1COc1ccc(Cl)cc1. The first-order valence-corrected chi connectivity index (χ1v) is 12.5. The summed E-state index contributed by atoms with van der Waals surface area (Å²) < 4.78 is 11.3. The summed E-state index contributed by atoms with van der Waals surface area (Å²) in [5.41, 5.74) is 1.16. The number of ether oxygens (including phenoxy) is 2. The number of allylic oxidation sites excluding steroid dienone is 1. The molecule has 1 N–H and O–H groups in total. The van der Waals surface area contributed by atoms with Crippen LogP contribution in [0.2, 0.25) is 5.02 Å². The fraction of sp³-hybridized carbons (Fsp3) is 0.480. The van der Waals surface area contributed by atoms with E-state index in [-0.39, 0.29) is 18.5 Å². The van der Waals surface area contributed by atoms with E-state index in [1.54, 1.807) is 36.7 Å². The van der Waals surface area contributed by atoms with Gasteiger partial charge in [-0.15, -0.1) is 17.9 Å². The van der Waals surface area contributed by atoms with E-state index in [1.165, 1.54) is 4.88 Å². The fourth-order valence-electron chi connectivity index (χ4n) is 4.02. The Morgan fingerprint density at radius 1 is 1.39 bits per heavy atom. The van der Waals surface area contributed by atoms with Crippen LogP contribution in [0.5, 0.6) is 5.75 Å². The summed E-state index contributed by atoms with van der Waals surface area (Å²) in [6.07, 6.45) is 3.49. The molecule has 0 radical (unpaired) electrons. The molecule has 1 aliphatic heterocycles. The monoisotopic (exact) mass is 492 g/mol. The molecule has 1 aromatic carbocycles. The van der Waals surface area contributed by atoms with Gasteiger partial charge in [-0.3, -0.25) is 9.69 Å². The zero-order valence-corrected chi connectivity index (χ0v) is 20.7. The topological polar surface area (TPSA) is 62.2 Å². The second-order valence-corrected chi connectivity index (χ2v) is 9.60. The van der Waals surface area contributed by atoms with Crippen LogP contribution in [0, 0.1) is 0 Å². The quantitative estimate of drug-likeness (QED) is 0.425. The molecule has 0 unspecified atom stereocenters. The van der Waals surface area contributed by atoms with E-state index >= 15 is 0 Å². The molecule has 6 nitrogen and oxygen atoms in total. The maximum Gasteiger partial charge on any atom is 0.237 e. The minimum Gasteiger partial charge on any atom is -0.491 e. The number of halogens is 1. The lowest BCUT2D eigenvalue weighted by Crippen LogP contribution is -2.48. The van der Waals surface area contributed by atoms with Gasteiger partial charge in [-0.25, -0.2) is 0 Å². The van der Waals surface area contributed by atoms with Gasteiger partial charge in [0.2, 0.25) is 5.91 Å². The van der Waals surface area contributed by atoms with Gasteiger partial charge in [0.25, 0.3) is 0 Å². The number of benzene rings is 1. The van der Waals surface area contributed by atoms with Crippen molar-refractivity contribution in [1.82, 2.24) is 9.80 Å². The van der Waals surface area contributed by atoms with E-state index in [0.29, 0.717) is 44.3 Å². The number of carbonyl (C=O) groups is 1. The van der Waals surface area contributed by atoms with Crippen LogP contribution >= 0.6 is 22.9 Å². The van der Waals surface area contributed by atoms with Crippen LogP contribution in [-0.2, 0) is 16.0 Å². The number of rotatable bonds is 13. The Balaban J connectivity index is 1.69. The third-order valence-electron chi connectivity index (χ3n) is 5.78. The van der Waals surface area contributed by atoms with Crippen LogP contribution in [0.4, 0.5) is 0 Å². The molecular formula is C25H33ClN2O4S. The molecule has 0 spiro atoms. The maximum atomic E-state index is 13.4. The van der Waals surface area contributed by atoms with Crippen molar-refractivity contribution in [2.75, 3.05) is 46.5 Å². The summed E-state index contributed by atoms with van der Waals surface area (Å²) in [6.45, 7) is 6.47. The lowest BCUT2D eigenvalue weighted by molar-refractivity contribution is -0.136. The van der Waals surface area contributed by atoms with Crippen molar-refractivity contribution in [2.24, 2.45) is 0 Å². The summed E-state index contributed by atoms with van der Waals surface area (Å²) in [7, 11) is 1.64. The number of hydrogen-bond acceptors (Lipinski definition) is 6. The molecule has 2 aromatic rings. The zero-order valence-electron chi connectivity index (χ0n) is 19.1. The molecule has 0 aliphatic carbocycles. The van der Waals surface area contributed by atoms with E-state index < -0.39 is 6.10 Å². The number of fused-ring (bicyclic) bond motifs is 1. The number of thiophene rings is 1. The minimum atomic E-state index is -0.512. The largest absolute Gasteiger partial charge is 0.491 e. The Hall–Kier alpha value is -1.90. The van der Waals surface area contributed by atoms with Crippen molar-refractivity contribution >= 4 is 28.8 Å². The van der Waals surface area contributed by atoms with E-state index in [0.717, 1.165) is 24.2 Å². The van der Waals surface area contributed by atoms with Crippen molar-refractivity contribution in [3.8, 4) is 5.75 Å². The maximum absolute atomic E-state index is 13.4. The van der Waals surface area contributed by atoms with Crippen LogP contribution < -0.4 is 4.74 Å². The molecule has 3 rings (SSSR count). The first-order chi connectivity index (χ1) is 16.0. The second-order valence-electron chi connectivity index (χ2n) is 8.16. The summed E-state index contributed by atoms with van der Waals surface area (Å²) in [6, 6.07) is 9.20. The highest BCUT2D eigenvalue weighted by Crippen LogP contribution is 2.34. The Morgan fingerprint density at radius 3 is 2.91 bits per heavy atom. The minimum absolute atomic E-state index is 0.0311. The summed E-state index contributed by atoms with van der Waals surface area (Å²) in [5.74, 6) is 0.754. The van der Waals surface area contributed by atoms with Crippen LogP contribution in [0.25, 0.3) is 0 Å². The summed E-state index contributed by atoms with van der Waals surface area (Å²) in [5, 5.41) is 13.1.